The molecule has 1 amide bonds. The number of rotatable bonds is 5. The molecule has 1 fully saturated rings. The lowest BCUT2D eigenvalue weighted by atomic mass is 10.0. The number of likely N-dealkylation sites (tertiary alicyclic amines) is 1. The third kappa shape index (κ3) is 4.06. The summed E-state index contributed by atoms with van der Waals surface area (Å²) in [6, 6.07) is 1.72. The normalized spacial score (nSPS) is 17.1. The van der Waals surface area contributed by atoms with Crippen LogP contribution in [-0.4, -0.2) is 52.7 Å². The molecule has 2 N–H and O–H groups in total. The average molecular weight is 281 g/mol. The minimum Gasteiger partial charge on any atom is -0.481 e. The van der Waals surface area contributed by atoms with Gasteiger partial charge in [0.05, 0.1) is 6.42 Å². The van der Waals surface area contributed by atoms with E-state index in [1.54, 1.807) is 13.0 Å². The summed E-state index contributed by atoms with van der Waals surface area (Å²) in [5, 5.41) is 15.3. The van der Waals surface area contributed by atoms with Gasteiger partial charge in [-0.1, -0.05) is 5.16 Å². The van der Waals surface area contributed by atoms with Crippen LogP contribution in [0.3, 0.4) is 0 Å². The van der Waals surface area contributed by atoms with Crippen molar-refractivity contribution in [3.63, 3.8) is 0 Å². The highest BCUT2D eigenvalue weighted by Crippen LogP contribution is 2.11. The van der Waals surface area contributed by atoms with E-state index >= 15 is 0 Å². The van der Waals surface area contributed by atoms with E-state index in [0.29, 0.717) is 18.0 Å². The largest absolute Gasteiger partial charge is 0.481 e. The average Bonchev–Trinajstić information content (AvgIpc) is 2.85. The highest BCUT2D eigenvalue weighted by molar-refractivity contribution is 5.92. The van der Waals surface area contributed by atoms with E-state index < -0.39 is 5.97 Å². The Hall–Kier alpha value is -1.89. The molecule has 0 saturated carbocycles. The van der Waals surface area contributed by atoms with E-state index in [-0.39, 0.29) is 18.4 Å². The predicted molar refractivity (Wildman–Crippen MR) is 70.4 cm³/mol. The van der Waals surface area contributed by atoms with Crippen molar-refractivity contribution < 1.29 is 19.2 Å². The van der Waals surface area contributed by atoms with Gasteiger partial charge in [-0.3, -0.25) is 9.59 Å². The number of hydrogen-bond acceptors (Lipinski definition) is 5. The van der Waals surface area contributed by atoms with Crippen LogP contribution in [0, 0.1) is 6.92 Å². The second kappa shape index (κ2) is 6.51. The van der Waals surface area contributed by atoms with E-state index in [2.05, 4.69) is 15.4 Å². The maximum Gasteiger partial charge on any atom is 0.304 e. The van der Waals surface area contributed by atoms with Gasteiger partial charge in [0, 0.05) is 31.7 Å². The van der Waals surface area contributed by atoms with Crippen LogP contribution in [0.25, 0.3) is 0 Å². The highest BCUT2D eigenvalue weighted by Gasteiger charge is 2.22. The molecule has 0 bridgehead atoms. The Morgan fingerprint density at radius 1 is 1.50 bits per heavy atom. The highest BCUT2D eigenvalue weighted by atomic mass is 16.5. The molecule has 0 unspecified atom stereocenters. The third-order valence-corrected chi connectivity index (χ3v) is 3.43. The van der Waals surface area contributed by atoms with E-state index in [9.17, 15) is 9.59 Å². The van der Waals surface area contributed by atoms with Crippen LogP contribution in [0.1, 0.15) is 35.5 Å². The van der Waals surface area contributed by atoms with E-state index in [4.69, 9.17) is 9.63 Å². The fourth-order valence-electron chi connectivity index (χ4n) is 2.29. The number of carboxylic acids is 1. The summed E-state index contributed by atoms with van der Waals surface area (Å²) < 4.78 is 4.87. The lowest BCUT2D eigenvalue weighted by molar-refractivity contribution is -0.137. The van der Waals surface area contributed by atoms with Crippen molar-refractivity contribution in [3.05, 3.63) is 17.5 Å². The Bertz CT molecular complexity index is 478. The molecule has 0 aliphatic carbocycles. The van der Waals surface area contributed by atoms with Gasteiger partial charge in [-0.05, 0) is 19.8 Å². The molecule has 110 valence electrons. The van der Waals surface area contributed by atoms with Crippen molar-refractivity contribution in [3.8, 4) is 0 Å². The molecule has 1 aromatic rings. The van der Waals surface area contributed by atoms with Crippen LogP contribution in [0.15, 0.2) is 10.6 Å². The summed E-state index contributed by atoms with van der Waals surface area (Å²) in [7, 11) is 0. The van der Waals surface area contributed by atoms with Crippen LogP contribution < -0.4 is 5.32 Å². The monoisotopic (exact) mass is 281 g/mol. The van der Waals surface area contributed by atoms with E-state index in [1.807, 2.05) is 0 Å². The Balaban J connectivity index is 1.74. The summed E-state index contributed by atoms with van der Waals surface area (Å²) in [6.45, 7) is 3.91. The first-order chi connectivity index (χ1) is 9.54. The Kier molecular flexibility index (Phi) is 4.73. The zero-order valence-corrected chi connectivity index (χ0v) is 11.5. The number of nitrogens with one attached hydrogen (secondary N) is 1. The summed E-state index contributed by atoms with van der Waals surface area (Å²) in [6.07, 6.45) is 1.81. The molecule has 0 radical (unpaired) electrons. The van der Waals surface area contributed by atoms with Gasteiger partial charge in [-0.25, -0.2) is 0 Å². The maximum absolute atomic E-state index is 11.9. The number of carbonyl (C=O) groups excluding carboxylic acids is 1. The lowest BCUT2D eigenvalue weighted by Crippen LogP contribution is -2.45. The quantitative estimate of drug-likeness (QED) is 0.822. The van der Waals surface area contributed by atoms with E-state index in [0.717, 1.165) is 25.9 Å². The SMILES string of the molecule is Cc1cc(C(=O)NC2CCN(CCC(=O)O)CC2)no1. The second-order valence-electron chi connectivity index (χ2n) is 5.06. The topological polar surface area (TPSA) is 95.7 Å². The van der Waals surface area contributed by atoms with Gasteiger partial charge in [0.25, 0.3) is 5.91 Å². The van der Waals surface area contributed by atoms with Crippen LogP contribution in [0.2, 0.25) is 0 Å². The molecule has 0 aromatic carbocycles. The van der Waals surface area contributed by atoms with Crippen molar-refractivity contribution >= 4 is 11.9 Å². The fourth-order valence-corrected chi connectivity index (χ4v) is 2.29. The second-order valence-corrected chi connectivity index (χ2v) is 5.06. The van der Waals surface area contributed by atoms with Gasteiger partial charge in [0.15, 0.2) is 5.69 Å². The molecule has 2 rings (SSSR count). The van der Waals surface area contributed by atoms with E-state index in [1.165, 1.54) is 0 Å². The van der Waals surface area contributed by atoms with Crippen LogP contribution in [0.4, 0.5) is 0 Å². The molecule has 2 heterocycles. The number of nitrogens with zero attached hydrogens (tertiary/aromatic N) is 2. The third-order valence-electron chi connectivity index (χ3n) is 3.43. The molecular formula is C13H19N3O4. The number of carboxylic acid groups (broad SMARTS) is 1. The number of carbonyl (C=O) groups is 2. The first kappa shape index (κ1) is 14.5. The Morgan fingerprint density at radius 2 is 2.20 bits per heavy atom. The van der Waals surface area contributed by atoms with Crippen LogP contribution in [-0.2, 0) is 4.79 Å². The molecular weight excluding hydrogens is 262 g/mol. The first-order valence-electron chi connectivity index (χ1n) is 6.73. The Morgan fingerprint density at radius 3 is 2.75 bits per heavy atom. The predicted octanol–water partition coefficient (Wildman–Crippen LogP) is 0.652. The summed E-state index contributed by atoms with van der Waals surface area (Å²) in [4.78, 5) is 24.5. The molecule has 1 saturated heterocycles. The summed E-state index contributed by atoms with van der Waals surface area (Å²) >= 11 is 0. The fraction of sp³-hybridized carbons (Fsp3) is 0.615. The van der Waals surface area contributed by atoms with Gasteiger partial charge in [-0.15, -0.1) is 0 Å². The number of amides is 1. The van der Waals surface area contributed by atoms with Gasteiger partial charge in [-0.2, -0.15) is 0 Å². The molecule has 1 aliphatic rings. The number of aryl methyl sites for hydroxylation is 1. The Labute approximate surface area is 116 Å². The zero-order valence-electron chi connectivity index (χ0n) is 11.5. The molecule has 1 aliphatic heterocycles. The maximum atomic E-state index is 11.9. The molecule has 1 aromatic heterocycles. The molecule has 0 atom stereocenters. The minimum atomic E-state index is -0.776. The number of hydrogen-bond donors (Lipinski definition) is 2. The van der Waals surface area contributed by atoms with Crippen molar-refractivity contribution in [1.82, 2.24) is 15.4 Å². The lowest BCUT2D eigenvalue weighted by Gasteiger charge is -2.31. The van der Waals surface area contributed by atoms with Crippen molar-refractivity contribution in [2.75, 3.05) is 19.6 Å². The van der Waals surface area contributed by atoms with Gasteiger partial charge in [0.2, 0.25) is 0 Å². The number of piperidine rings is 1. The molecule has 7 nitrogen and oxygen atoms in total. The number of aromatic nitrogens is 1. The summed E-state index contributed by atoms with van der Waals surface area (Å²) in [5.41, 5.74) is 0.302. The van der Waals surface area contributed by atoms with Gasteiger partial charge >= 0.3 is 5.97 Å². The van der Waals surface area contributed by atoms with Crippen molar-refractivity contribution in [1.29, 1.82) is 0 Å². The molecule has 20 heavy (non-hydrogen) atoms. The smallest absolute Gasteiger partial charge is 0.304 e. The molecule has 0 spiro atoms. The molecule has 7 heteroatoms. The van der Waals surface area contributed by atoms with Gasteiger partial charge in [0.1, 0.15) is 5.76 Å². The van der Waals surface area contributed by atoms with Gasteiger partial charge < -0.3 is 19.8 Å². The van der Waals surface area contributed by atoms with Crippen molar-refractivity contribution in [2.45, 2.75) is 32.2 Å². The first-order valence-corrected chi connectivity index (χ1v) is 6.73. The zero-order chi connectivity index (χ0) is 14.5. The van der Waals surface area contributed by atoms with Crippen LogP contribution >= 0.6 is 0 Å². The van der Waals surface area contributed by atoms with Crippen molar-refractivity contribution in [2.24, 2.45) is 0 Å². The van der Waals surface area contributed by atoms with Crippen LogP contribution in [0.5, 0.6) is 0 Å². The standard InChI is InChI=1S/C13H19N3O4/c1-9-8-11(15-20-9)13(19)14-10-2-5-16(6-3-10)7-4-12(17)18/h8,10H,2-7H2,1H3,(H,14,19)(H,17,18). The number of aliphatic carboxylic acids is 1. The summed E-state index contributed by atoms with van der Waals surface area (Å²) in [5.74, 6) is -0.383. The minimum absolute atomic E-state index is 0.112.